The molecule has 3 rings (SSSR count). The summed E-state index contributed by atoms with van der Waals surface area (Å²) in [6, 6.07) is 3.57. The molecule has 0 aliphatic rings. The average Bonchev–Trinajstić information content (AvgIpc) is 3.01. The number of nitrogens with zero attached hydrogens (tertiary/aromatic N) is 5. The second kappa shape index (κ2) is 6.06. The van der Waals surface area contributed by atoms with E-state index in [4.69, 9.17) is 5.73 Å². The number of H-pyrrole nitrogens is 1. The Morgan fingerprint density at radius 1 is 1.19 bits per heavy atom. The van der Waals surface area contributed by atoms with Gasteiger partial charge >= 0.3 is 0 Å². The first-order valence-electron chi connectivity index (χ1n) is 6.39. The molecule has 0 aliphatic carbocycles. The van der Waals surface area contributed by atoms with E-state index in [0.717, 1.165) is 5.56 Å². The summed E-state index contributed by atoms with van der Waals surface area (Å²) in [6.45, 7) is 0.907. The van der Waals surface area contributed by atoms with Gasteiger partial charge in [-0.15, -0.1) is 0 Å². The van der Waals surface area contributed by atoms with Crippen molar-refractivity contribution in [3.63, 3.8) is 0 Å². The van der Waals surface area contributed by atoms with Crippen molar-refractivity contribution in [2.75, 3.05) is 6.67 Å². The van der Waals surface area contributed by atoms with Crippen LogP contribution in [0, 0.1) is 0 Å². The van der Waals surface area contributed by atoms with Crippen LogP contribution in [0.2, 0.25) is 0 Å². The lowest BCUT2D eigenvalue weighted by Gasteiger charge is -2.03. The minimum absolute atomic E-state index is 0.373. The first kappa shape index (κ1) is 13.1. The average molecular weight is 282 g/mol. The minimum atomic E-state index is 0.373. The molecule has 0 aliphatic heterocycles. The zero-order chi connectivity index (χ0) is 14.5. The van der Waals surface area contributed by atoms with Crippen molar-refractivity contribution in [2.45, 2.75) is 6.54 Å². The molecule has 0 saturated heterocycles. The van der Waals surface area contributed by atoms with Gasteiger partial charge in [0.25, 0.3) is 0 Å². The highest BCUT2D eigenvalue weighted by atomic mass is 15.1. The Hall–Kier alpha value is -2.87. The smallest absolute Gasteiger partial charge is 0.157 e. The number of fused-ring (bicyclic) bond motifs is 1. The Labute approximate surface area is 120 Å². The van der Waals surface area contributed by atoms with Crippen LogP contribution in [0.5, 0.6) is 0 Å². The number of aromatic nitrogens is 5. The SMILES string of the molecule is NC(=NCNCc1ncccn1)c1ccnc2[nH]cnc12. The maximum absolute atomic E-state index is 6.00. The molecule has 106 valence electrons. The number of nitrogens with one attached hydrogen (secondary N) is 2. The topological polar surface area (TPSA) is 118 Å². The number of aromatic amines is 1. The Bertz CT molecular complexity index is 749. The fourth-order valence-electron chi connectivity index (χ4n) is 1.87. The molecule has 0 spiro atoms. The summed E-state index contributed by atoms with van der Waals surface area (Å²) in [4.78, 5) is 23.8. The molecule has 8 heteroatoms. The fourth-order valence-corrected chi connectivity index (χ4v) is 1.87. The molecule has 0 saturated carbocycles. The minimum Gasteiger partial charge on any atom is -0.383 e. The Morgan fingerprint density at radius 2 is 2.05 bits per heavy atom. The van der Waals surface area contributed by atoms with Crippen LogP contribution >= 0.6 is 0 Å². The maximum Gasteiger partial charge on any atom is 0.157 e. The number of imidazole rings is 1. The molecule has 3 aromatic rings. The molecule has 0 amide bonds. The third kappa shape index (κ3) is 3.00. The van der Waals surface area contributed by atoms with Crippen molar-refractivity contribution in [1.82, 2.24) is 30.2 Å². The standard InChI is InChI=1S/C13H14N8/c14-12(9-2-5-18-13-11(9)19-8-21-13)20-7-15-6-10-16-3-1-4-17-10/h1-5,8,15H,6-7H2,(H2,14,20)(H,18,19,21). The quantitative estimate of drug-likeness (QED) is 0.349. The van der Waals surface area contributed by atoms with Gasteiger partial charge < -0.3 is 10.7 Å². The molecule has 0 atom stereocenters. The molecule has 21 heavy (non-hydrogen) atoms. The summed E-state index contributed by atoms with van der Waals surface area (Å²) in [5.74, 6) is 1.13. The fraction of sp³-hybridized carbons (Fsp3) is 0.154. The Kier molecular flexibility index (Phi) is 3.79. The van der Waals surface area contributed by atoms with E-state index in [1.807, 2.05) is 0 Å². The number of amidine groups is 1. The highest BCUT2D eigenvalue weighted by Crippen LogP contribution is 2.11. The highest BCUT2D eigenvalue weighted by molar-refractivity contribution is 6.06. The van der Waals surface area contributed by atoms with Crippen LogP contribution in [-0.4, -0.2) is 37.4 Å². The lowest BCUT2D eigenvalue weighted by Crippen LogP contribution is -2.20. The van der Waals surface area contributed by atoms with Crippen LogP contribution in [0.25, 0.3) is 11.2 Å². The molecule has 8 nitrogen and oxygen atoms in total. The summed E-state index contributed by atoms with van der Waals surface area (Å²) in [5, 5.41) is 3.11. The van der Waals surface area contributed by atoms with Crippen LogP contribution in [0.15, 0.2) is 42.0 Å². The zero-order valence-electron chi connectivity index (χ0n) is 11.2. The highest BCUT2D eigenvalue weighted by Gasteiger charge is 2.07. The van der Waals surface area contributed by atoms with Gasteiger partial charge in [0.1, 0.15) is 17.2 Å². The summed E-state index contributed by atoms with van der Waals surface area (Å²) in [5.41, 5.74) is 8.16. The van der Waals surface area contributed by atoms with Crippen LogP contribution in [0.3, 0.4) is 0 Å². The van der Waals surface area contributed by atoms with Crippen molar-refractivity contribution in [3.05, 3.63) is 48.4 Å². The number of aliphatic imine (C=N–C) groups is 1. The predicted octanol–water partition coefficient (Wildman–Crippen LogP) is 0.200. The van der Waals surface area contributed by atoms with Gasteiger partial charge in [-0.3, -0.25) is 10.3 Å². The molecule has 0 fully saturated rings. The third-order valence-corrected chi connectivity index (χ3v) is 2.86. The zero-order valence-corrected chi connectivity index (χ0v) is 11.2. The van der Waals surface area contributed by atoms with Gasteiger partial charge in [0.05, 0.1) is 19.5 Å². The molecular weight excluding hydrogens is 268 g/mol. The number of hydrogen-bond donors (Lipinski definition) is 3. The second-order valence-corrected chi connectivity index (χ2v) is 4.25. The number of hydrogen-bond acceptors (Lipinski definition) is 6. The van der Waals surface area contributed by atoms with Crippen molar-refractivity contribution < 1.29 is 0 Å². The van der Waals surface area contributed by atoms with Gasteiger partial charge in [0.15, 0.2) is 5.65 Å². The van der Waals surface area contributed by atoms with Gasteiger partial charge in [0, 0.05) is 24.2 Å². The molecule has 0 bridgehead atoms. The van der Waals surface area contributed by atoms with E-state index in [1.54, 1.807) is 37.1 Å². The van der Waals surface area contributed by atoms with E-state index in [2.05, 4.69) is 35.2 Å². The third-order valence-electron chi connectivity index (χ3n) is 2.86. The predicted molar refractivity (Wildman–Crippen MR) is 78.4 cm³/mol. The second-order valence-electron chi connectivity index (χ2n) is 4.25. The van der Waals surface area contributed by atoms with Crippen LogP contribution in [-0.2, 0) is 6.54 Å². The lowest BCUT2D eigenvalue weighted by atomic mass is 10.2. The molecule has 0 unspecified atom stereocenters. The van der Waals surface area contributed by atoms with E-state index >= 15 is 0 Å². The van der Waals surface area contributed by atoms with E-state index in [-0.39, 0.29) is 0 Å². The van der Waals surface area contributed by atoms with E-state index in [0.29, 0.717) is 36.0 Å². The van der Waals surface area contributed by atoms with E-state index in [1.165, 1.54) is 0 Å². The first-order valence-corrected chi connectivity index (χ1v) is 6.39. The largest absolute Gasteiger partial charge is 0.383 e. The van der Waals surface area contributed by atoms with Crippen LogP contribution < -0.4 is 11.1 Å². The van der Waals surface area contributed by atoms with Gasteiger partial charge in [-0.2, -0.15) is 0 Å². The van der Waals surface area contributed by atoms with Crippen molar-refractivity contribution in [1.29, 1.82) is 0 Å². The normalized spacial score (nSPS) is 11.9. The summed E-state index contributed by atoms with van der Waals surface area (Å²) >= 11 is 0. The monoisotopic (exact) mass is 282 g/mol. The molecule has 0 aromatic carbocycles. The number of nitrogens with two attached hydrogens (primary N) is 1. The van der Waals surface area contributed by atoms with Gasteiger partial charge in [-0.1, -0.05) is 0 Å². The maximum atomic E-state index is 6.00. The molecule has 3 heterocycles. The molecule has 3 aromatic heterocycles. The van der Waals surface area contributed by atoms with E-state index < -0.39 is 0 Å². The van der Waals surface area contributed by atoms with Crippen molar-refractivity contribution in [3.8, 4) is 0 Å². The van der Waals surface area contributed by atoms with Gasteiger partial charge in [-0.05, 0) is 12.1 Å². The molecular formula is C13H14N8. The van der Waals surface area contributed by atoms with Gasteiger partial charge in [-0.25, -0.2) is 19.9 Å². The van der Waals surface area contributed by atoms with Crippen molar-refractivity contribution in [2.24, 2.45) is 10.7 Å². The summed E-state index contributed by atoms with van der Waals surface area (Å²) in [6.07, 6.45) is 6.66. The molecule has 4 N–H and O–H groups in total. The van der Waals surface area contributed by atoms with Crippen LogP contribution in [0.4, 0.5) is 0 Å². The summed E-state index contributed by atoms with van der Waals surface area (Å²) in [7, 11) is 0. The number of pyridine rings is 1. The van der Waals surface area contributed by atoms with Gasteiger partial charge in [0.2, 0.25) is 0 Å². The van der Waals surface area contributed by atoms with Crippen molar-refractivity contribution >= 4 is 17.0 Å². The van der Waals surface area contributed by atoms with E-state index in [9.17, 15) is 0 Å². The van der Waals surface area contributed by atoms with Crippen LogP contribution in [0.1, 0.15) is 11.4 Å². The molecule has 0 radical (unpaired) electrons. The Morgan fingerprint density at radius 3 is 2.90 bits per heavy atom. The lowest BCUT2D eigenvalue weighted by molar-refractivity contribution is 0.677. The number of rotatable bonds is 5. The summed E-state index contributed by atoms with van der Waals surface area (Å²) < 4.78 is 0. The Balaban J connectivity index is 1.65. The first-order chi connectivity index (χ1) is 10.3.